The summed E-state index contributed by atoms with van der Waals surface area (Å²) in [4.78, 5) is 26.7. The molecule has 1 aromatic rings. The second-order valence-electron chi connectivity index (χ2n) is 6.50. The number of carbonyl (C=O) groups is 2. The molecule has 0 atom stereocenters. The summed E-state index contributed by atoms with van der Waals surface area (Å²) in [6, 6.07) is 4.44. The summed E-state index contributed by atoms with van der Waals surface area (Å²) in [6.45, 7) is 2.41. The predicted molar refractivity (Wildman–Crippen MR) is 101 cm³/mol. The monoisotopic (exact) mass is 395 g/mol. The van der Waals surface area contributed by atoms with Gasteiger partial charge in [-0.15, -0.1) is 4.36 Å². The van der Waals surface area contributed by atoms with Gasteiger partial charge in [-0.2, -0.15) is 8.42 Å². The van der Waals surface area contributed by atoms with E-state index in [-0.39, 0.29) is 11.6 Å². The van der Waals surface area contributed by atoms with Crippen LogP contribution in [0.4, 0.5) is 10.5 Å². The quantitative estimate of drug-likeness (QED) is 0.682. The van der Waals surface area contributed by atoms with E-state index in [1.54, 1.807) is 18.2 Å². The molecule has 148 valence electrons. The zero-order valence-electron chi connectivity index (χ0n) is 15.8. The number of hydrogen-bond acceptors (Lipinski definition) is 6. The van der Waals surface area contributed by atoms with Crippen LogP contribution in [0.25, 0.3) is 0 Å². The van der Waals surface area contributed by atoms with E-state index in [2.05, 4.69) is 16.6 Å². The van der Waals surface area contributed by atoms with Crippen molar-refractivity contribution in [1.29, 1.82) is 0 Å². The van der Waals surface area contributed by atoms with Crippen LogP contribution in [0, 0.1) is 0 Å². The average molecular weight is 395 g/mol. The Morgan fingerprint density at radius 1 is 1.30 bits per heavy atom. The largest absolute Gasteiger partial charge is 0.494 e. The molecule has 0 saturated heterocycles. The highest BCUT2D eigenvalue weighted by atomic mass is 32.2. The highest BCUT2D eigenvalue weighted by molar-refractivity contribution is 7.61. The molecule has 27 heavy (non-hydrogen) atoms. The highest BCUT2D eigenvalue weighted by Crippen LogP contribution is 2.51. The first-order valence-electron chi connectivity index (χ1n) is 8.93. The lowest BCUT2D eigenvalue weighted by Gasteiger charge is -2.26. The summed E-state index contributed by atoms with van der Waals surface area (Å²) in [6.07, 6.45) is 3.84. The molecule has 1 saturated carbocycles. The molecule has 2 rings (SSSR count). The second-order valence-corrected chi connectivity index (χ2v) is 7.11. The van der Waals surface area contributed by atoms with E-state index in [1.807, 2.05) is 0 Å². The fraction of sp³-hybridized carbons (Fsp3) is 0.556. The zero-order valence-corrected chi connectivity index (χ0v) is 16.6. The van der Waals surface area contributed by atoms with E-state index in [0.29, 0.717) is 30.7 Å². The lowest BCUT2D eigenvalue weighted by molar-refractivity contribution is -0.131. The van der Waals surface area contributed by atoms with Gasteiger partial charge in [0.25, 0.3) is 0 Å². The van der Waals surface area contributed by atoms with Crippen LogP contribution < -0.4 is 10.1 Å². The van der Waals surface area contributed by atoms with Crippen LogP contribution in [0.15, 0.2) is 22.6 Å². The molecule has 1 N–H and O–H groups in total. The van der Waals surface area contributed by atoms with Gasteiger partial charge in [-0.05, 0) is 37.0 Å². The van der Waals surface area contributed by atoms with Crippen LogP contribution >= 0.6 is 0 Å². The van der Waals surface area contributed by atoms with E-state index in [1.165, 1.54) is 19.1 Å². The van der Waals surface area contributed by atoms with Crippen LogP contribution in [-0.2, 0) is 20.7 Å². The van der Waals surface area contributed by atoms with Crippen molar-refractivity contribution in [3.05, 3.63) is 23.8 Å². The molecule has 3 amide bonds. The van der Waals surface area contributed by atoms with Gasteiger partial charge in [-0.3, -0.25) is 9.69 Å². The Kier molecular flexibility index (Phi) is 6.95. The molecule has 1 aliphatic rings. The number of methoxy groups -OCH3 is 1. The number of benzene rings is 1. The minimum Gasteiger partial charge on any atom is -0.494 e. The molecule has 0 radical (unpaired) electrons. The third-order valence-electron chi connectivity index (χ3n) is 4.75. The maximum Gasteiger partial charge on any atom is 0.323 e. The number of amides is 3. The van der Waals surface area contributed by atoms with Crippen molar-refractivity contribution < 1.29 is 22.7 Å². The Morgan fingerprint density at radius 3 is 2.52 bits per heavy atom. The minimum atomic E-state index is -2.64. The summed E-state index contributed by atoms with van der Waals surface area (Å²) >= 11 is 0. The van der Waals surface area contributed by atoms with E-state index < -0.39 is 21.9 Å². The molecule has 1 aromatic carbocycles. The van der Waals surface area contributed by atoms with Gasteiger partial charge >= 0.3 is 16.5 Å². The molecular weight excluding hydrogens is 370 g/mol. The SMILES string of the molecule is CCCCCN(C(=O)NC)C(=O)C1(c2ccc(OC)c(N=S(=O)=O)c2)CC1. The molecular formula is C18H25N3O5S. The van der Waals surface area contributed by atoms with Crippen LogP contribution in [0.5, 0.6) is 5.75 Å². The van der Waals surface area contributed by atoms with Gasteiger partial charge in [-0.1, -0.05) is 25.8 Å². The molecule has 1 aliphatic carbocycles. The van der Waals surface area contributed by atoms with E-state index in [0.717, 1.165) is 19.3 Å². The lowest BCUT2D eigenvalue weighted by atomic mass is 9.93. The smallest absolute Gasteiger partial charge is 0.323 e. The van der Waals surface area contributed by atoms with Gasteiger partial charge in [-0.25, -0.2) is 4.79 Å². The minimum absolute atomic E-state index is 0.139. The normalized spacial score (nSPS) is 14.2. The van der Waals surface area contributed by atoms with Gasteiger partial charge in [0, 0.05) is 13.6 Å². The average Bonchev–Trinajstić information content (AvgIpc) is 3.45. The summed E-state index contributed by atoms with van der Waals surface area (Å²) < 4.78 is 30.6. The molecule has 0 unspecified atom stereocenters. The Hall–Kier alpha value is -2.42. The van der Waals surface area contributed by atoms with Crippen molar-refractivity contribution in [1.82, 2.24) is 10.2 Å². The Labute approximate surface area is 160 Å². The number of unbranched alkanes of at least 4 members (excludes halogenated alkanes) is 2. The maximum absolute atomic E-state index is 13.2. The van der Waals surface area contributed by atoms with E-state index >= 15 is 0 Å². The molecule has 0 heterocycles. The number of nitrogens with one attached hydrogen (secondary N) is 1. The van der Waals surface area contributed by atoms with Crippen LogP contribution in [-0.4, -0.2) is 46.0 Å². The first kappa shape index (κ1) is 20.9. The van der Waals surface area contributed by atoms with Crippen LogP contribution in [0.3, 0.4) is 0 Å². The number of nitrogens with zero attached hydrogens (tertiary/aromatic N) is 2. The summed E-state index contributed by atoms with van der Waals surface area (Å²) in [5, 5.41) is 2.53. The number of carbonyl (C=O) groups excluding carboxylic acids is 2. The van der Waals surface area contributed by atoms with E-state index in [4.69, 9.17) is 4.74 Å². The Bertz CT molecular complexity index is 839. The van der Waals surface area contributed by atoms with Crippen molar-refractivity contribution >= 4 is 28.1 Å². The number of rotatable bonds is 8. The van der Waals surface area contributed by atoms with Gasteiger partial charge in [0.1, 0.15) is 11.4 Å². The summed E-state index contributed by atoms with van der Waals surface area (Å²) in [7, 11) is 0.272. The van der Waals surface area contributed by atoms with Crippen molar-refractivity contribution in [2.24, 2.45) is 4.36 Å². The molecule has 0 aliphatic heterocycles. The van der Waals surface area contributed by atoms with Crippen LogP contribution in [0.2, 0.25) is 0 Å². The topological polar surface area (TPSA) is 105 Å². The summed E-state index contributed by atoms with van der Waals surface area (Å²) in [5.41, 5.74) is -0.0404. The van der Waals surface area contributed by atoms with E-state index in [9.17, 15) is 18.0 Å². The lowest BCUT2D eigenvalue weighted by Crippen LogP contribution is -2.47. The number of ether oxygens (including phenoxy) is 1. The van der Waals surface area contributed by atoms with Gasteiger partial charge < -0.3 is 10.1 Å². The maximum atomic E-state index is 13.2. The number of urea groups is 1. The second kappa shape index (κ2) is 8.98. The highest BCUT2D eigenvalue weighted by Gasteiger charge is 2.54. The molecule has 0 spiro atoms. The number of hydrogen-bond donors (Lipinski definition) is 1. The van der Waals surface area contributed by atoms with Crippen molar-refractivity contribution in [2.45, 2.75) is 44.4 Å². The third kappa shape index (κ3) is 4.65. The van der Waals surface area contributed by atoms with Crippen molar-refractivity contribution in [2.75, 3.05) is 20.7 Å². The fourth-order valence-electron chi connectivity index (χ4n) is 3.10. The predicted octanol–water partition coefficient (Wildman–Crippen LogP) is 2.78. The Morgan fingerprint density at radius 2 is 2.00 bits per heavy atom. The third-order valence-corrected chi connectivity index (χ3v) is 5.10. The van der Waals surface area contributed by atoms with Crippen LogP contribution in [0.1, 0.15) is 44.6 Å². The first-order valence-corrected chi connectivity index (χ1v) is 9.96. The standard InChI is InChI=1S/C18H25N3O5S/c1-4-5-6-11-21(17(23)19-2)16(22)18(9-10-18)13-7-8-15(26-3)14(12-13)20-27(24)25/h7-8,12H,4-6,9-11H2,1-3H3,(H,19,23). The molecule has 8 nitrogen and oxygen atoms in total. The zero-order chi connectivity index (χ0) is 20.0. The summed E-state index contributed by atoms with van der Waals surface area (Å²) in [5.74, 6) is 0.0367. The van der Waals surface area contributed by atoms with Gasteiger partial charge in [0.15, 0.2) is 0 Å². The Balaban J connectivity index is 2.37. The molecule has 9 heteroatoms. The molecule has 1 fully saturated rings. The van der Waals surface area contributed by atoms with Crippen molar-refractivity contribution in [3.63, 3.8) is 0 Å². The first-order chi connectivity index (χ1) is 12.9. The molecule has 0 aromatic heterocycles. The van der Waals surface area contributed by atoms with Gasteiger partial charge in [0.05, 0.1) is 12.5 Å². The fourth-order valence-corrected chi connectivity index (χ4v) is 3.40. The van der Waals surface area contributed by atoms with Crippen molar-refractivity contribution in [3.8, 4) is 5.75 Å². The van der Waals surface area contributed by atoms with Gasteiger partial charge in [0.2, 0.25) is 5.91 Å². The number of imide groups is 1. The molecule has 0 bridgehead atoms.